The first-order valence-electron chi connectivity index (χ1n) is 9.69. The number of nitrogens with two attached hydrogens (primary N) is 1. The Kier molecular flexibility index (Phi) is 12.4. The molecule has 152 valence electrons. The molecule has 0 radical (unpaired) electrons. The molecule has 0 bridgehead atoms. The number of hydrogen-bond donors (Lipinski definition) is 1. The van der Waals surface area contributed by atoms with Crippen LogP contribution in [0.15, 0.2) is 0 Å². The van der Waals surface area contributed by atoms with Crippen LogP contribution in [-0.4, -0.2) is 41.2 Å². The molecule has 0 rings (SSSR count). The van der Waals surface area contributed by atoms with Crippen molar-refractivity contribution < 1.29 is 21.7 Å². The van der Waals surface area contributed by atoms with Crippen LogP contribution >= 0.6 is 0 Å². The van der Waals surface area contributed by atoms with E-state index in [0.29, 0.717) is 25.7 Å². The van der Waals surface area contributed by atoms with Gasteiger partial charge >= 0.3 is 8.80 Å². The number of rotatable bonds is 16. The summed E-state index contributed by atoms with van der Waals surface area (Å²) in [5.41, 5.74) is 6.10. The highest BCUT2D eigenvalue weighted by Gasteiger charge is 2.49. The zero-order valence-electron chi connectivity index (χ0n) is 16.8. The van der Waals surface area contributed by atoms with Crippen LogP contribution in [0, 0.1) is 0 Å². The molecule has 2 N–H and O–H groups in total. The van der Waals surface area contributed by atoms with Crippen molar-refractivity contribution in [1.29, 1.82) is 0 Å². The summed E-state index contributed by atoms with van der Waals surface area (Å²) >= 11 is 0. The second-order valence-electron chi connectivity index (χ2n) is 6.50. The molecule has 0 aromatic carbocycles. The Morgan fingerprint density at radius 3 is 1.88 bits per heavy atom. The minimum Gasteiger partial charge on any atom is -0.374 e. The van der Waals surface area contributed by atoms with Gasteiger partial charge in [-0.2, -0.15) is 0 Å². The minimum absolute atomic E-state index is 0.0287. The van der Waals surface area contributed by atoms with Crippen molar-refractivity contribution in [2.45, 2.75) is 90.7 Å². The van der Waals surface area contributed by atoms with E-state index >= 15 is 0 Å². The van der Waals surface area contributed by atoms with E-state index in [1.807, 2.05) is 20.8 Å². The average molecular weight is 398 g/mol. The highest BCUT2D eigenvalue weighted by Crippen LogP contribution is 2.26. The van der Waals surface area contributed by atoms with E-state index in [1.165, 1.54) is 19.8 Å². The van der Waals surface area contributed by atoms with Crippen LogP contribution in [0.4, 0.5) is 0 Å². The molecular weight excluding hydrogens is 358 g/mol. The van der Waals surface area contributed by atoms with Gasteiger partial charge in [-0.15, -0.1) is 0 Å². The lowest BCUT2D eigenvalue weighted by Crippen LogP contribution is -2.59. The SMILES string of the molecule is CCCCCCCCS(=O)(=O)C(C)(N)O[Si](CCC)(OCC)OCC. The lowest BCUT2D eigenvalue weighted by atomic mass is 10.1. The maximum atomic E-state index is 12.7. The van der Waals surface area contributed by atoms with Crippen molar-refractivity contribution in [2.75, 3.05) is 19.0 Å². The fraction of sp³-hybridized carbons (Fsp3) is 1.00. The Hall–Kier alpha value is 0.00688. The predicted molar refractivity (Wildman–Crippen MR) is 105 cm³/mol. The van der Waals surface area contributed by atoms with Gasteiger partial charge in [0, 0.05) is 19.3 Å². The summed E-state index contributed by atoms with van der Waals surface area (Å²) in [7, 11) is -6.72. The Morgan fingerprint density at radius 2 is 1.40 bits per heavy atom. The van der Waals surface area contributed by atoms with Gasteiger partial charge in [0.2, 0.25) is 5.06 Å². The first-order valence-corrected chi connectivity index (χ1v) is 13.3. The van der Waals surface area contributed by atoms with Crippen LogP contribution in [0.1, 0.15) is 79.6 Å². The minimum atomic E-state index is -3.61. The molecule has 6 nitrogen and oxygen atoms in total. The van der Waals surface area contributed by atoms with E-state index < -0.39 is 23.7 Å². The van der Waals surface area contributed by atoms with E-state index in [-0.39, 0.29) is 5.75 Å². The van der Waals surface area contributed by atoms with Crippen LogP contribution in [0.2, 0.25) is 6.04 Å². The van der Waals surface area contributed by atoms with Crippen molar-refractivity contribution in [3.05, 3.63) is 0 Å². The highest BCUT2D eigenvalue weighted by molar-refractivity contribution is 7.92. The van der Waals surface area contributed by atoms with Gasteiger partial charge in [0.05, 0.1) is 5.75 Å². The van der Waals surface area contributed by atoms with Gasteiger partial charge < -0.3 is 13.3 Å². The molecule has 8 heteroatoms. The summed E-state index contributed by atoms with van der Waals surface area (Å²) < 4.78 is 42.8. The van der Waals surface area contributed by atoms with Gasteiger partial charge in [-0.1, -0.05) is 52.4 Å². The number of unbranched alkanes of at least 4 members (excludes halogenated alkanes) is 5. The van der Waals surface area contributed by atoms with E-state index in [1.54, 1.807) is 0 Å². The maximum Gasteiger partial charge on any atom is 0.503 e. The molecule has 0 saturated carbocycles. The quantitative estimate of drug-likeness (QED) is 0.242. The molecule has 25 heavy (non-hydrogen) atoms. The molecule has 0 aromatic heterocycles. The standard InChI is InChI=1S/C17H39NO5SSi/c1-6-10-11-12-13-14-15-24(19,20)17(5,18)23-25(16-7-2,21-8-3)22-9-4/h6-16,18H2,1-5H3. The lowest BCUT2D eigenvalue weighted by Gasteiger charge is -2.36. The molecule has 0 fully saturated rings. The van der Waals surface area contributed by atoms with Crippen molar-refractivity contribution >= 4 is 18.6 Å². The van der Waals surface area contributed by atoms with Gasteiger partial charge in [0.25, 0.3) is 0 Å². The summed E-state index contributed by atoms with van der Waals surface area (Å²) in [5.74, 6) is 0.0287. The number of hydrogen-bond acceptors (Lipinski definition) is 6. The zero-order chi connectivity index (χ0) is 19.4. The largest absolute Gasteiger partial charge is 0.503 e. The Morgan fingerprint density at radius 1 is 0.880 bits per heavy atom. The second-order valence-corrected chi connectivity index (χ2v) is 11.6. The van der Waals surface area contributed by atoms with Gasteiger partial charge in [-0.05, 0) is 27.2 Å². The van der Waals surface area contributed by atoms with Crippen molar-refractivity contribution in [3.63, 3.8) is 0 Å². The van der Waals surface area contributed by atoms with Gasteiger partial charge in [-0.25, -0.2) is 8.42 Å². The first-order chi connectivity index (χ1) is 11.7. The third kappa shape index (κ3) is 8.97. The van der Waals surface area contributed by atoms with Crippen molar-refractivity contribution in [1.82, 2.24) is 0 Å². The van der Waals surface area contributed by atoms with Crippen LogP contribution < -0.4 is 5.73 Å². The first kappa shape index (κ1) is 25.0. The number of sulfone groups is 1. The van der Waals surface area contributed by atoms with Gasteiger partial charge in [0.1, 0.15) is 0 Å². The van der Waals surface area contributed by atoms with Crippen LogP contribution in [-0.2, 0) is 23.1 Å². The molecule has 0 aliphatic carbocycles. The Labute approximate surface area is 156 Å². The van der Waals surface area contributed by atoms with E-state index in [0.717, 1.165) is 25.7 Å². The normalized spacial score (nSPS) is 15.3. The van der Waals surface area contributed by atoms with Gasteiger partial charge in [-0.3, -0.25) is 5.73 Å². The fourth-order valence-electron chi connectivity index (χ4n) is 2.69. The second kappa shape index (κ2) is 12.4. The third-order valence-electron chi connectivity index (χ3n) is 4.03. The zero-order valence-corrected chi connectivity index (χ0v) is 18.6. The summed E-state index contributed by atoms with van der Waals surface area (Å²) in [5, 5.41) is -1.79. The molecular formula is C17H39NO5SSi. The molecule has 0 aliphatic heterocycles. The Balaban J connectivity index is 4.90. The van der Waals surface area contributed by atoms with Crippen LogP contribution in [0.3, 0.4) is 0 Å². The molecule has 0 aromatic rings. The smallest absolute Gasteiger partial charge is 0.374 e. The predicted octanol–water partition coefficient (Wildman–Crippen LogP) is 3.83. The fourth-order valence-corrected chi connectivity index (χ4v) is 7.27. The molecule has 1 atom stereocenters. The third-order valence-corrected chi connectivity index (χ3v) is 9.62. The average Bonchev–Trinajstić information content (AvgIpc) is 2.51. The lowest BCUT2D eigenvalue weighted by molar-refractivity contribution is 0.0222. The molecule has 0 spiro atoms. The molecule has 0 amide bonds. The van der Waals surface area contributed by atoms with Crippen molar-refractivity contribution in [3.8, 4) is 0 Å². The van der Waals surface area contributed by atoms with Gasteiger partial charge in [0.15, 0.2) is 9.84 Å². The Bertz CT molecular complexity index is 425. The van der Waals surface area contributed by atoms with E-state index in [9.17, 15) is 8.42 Å². The van der Waals surface area contributed by atoms with E-state index in [4.69, 9.17) is 19.0 Å². The summed E-state index contributed by atoms with van der Waals surface area (Å²) in [4.78, 5) is 0. The topological polar surface area (TPSA) is 87.9 Å². The summed E-state index contributed by atoms with van der Waals surface area (Å²) in [6, 6.07) is 0.550. The maximum absolute atomic E-state index is 12.7. The monoisotopic (exact) mass is 397 g/mol. The molecule has 0 saturated heterocycles. The van der Waals surface area contributed by atoms with Crippen LogP contribution in [0.25, 0.3) is 0 Å². The molecule has 1 unspecified atom stereocenters. The molecule has 0 aliphatic rings. The summed E-state index contributed by atoms with van der Waals surface area (Å²) in [6.07, 6.45) is 6.84. The van der Waals surface area contributed by atoms with E-state index in [2.05, 4.69) is 6.92 Å². The van der Waals surface area contributed by atoms with Crippen molar-refractivity contribution in [2.24, 2.45) is 5.73 Å². The molecule has 0 heterocycles. The summed E-state index contributed by atoms with van der Waals surface area (Å²) in [6.45, 7) is 10.1. The van der Waals surface area contributed by atoms with Crippen LogP contribution in [0.5, 0.6) is 0 Å². The highest BCUT2D eigenvalue weighted by atomic mass is 32.2.